The summed E-state index contributed by atoms with van der Waals surface area (Å²) < 4.78 is 5.26. The first-order valence-electron chi connectivity index (χ1n) is 7.83. The number of nitrogen functional groups attached to an aromatic ring is 2. The van der Waals surface area contributed by atoms with Gasteiger partial charge in [0.25, 0.3) is 5.91 Å². The van der Waals surface area contributed by atoms with Crippen LogP contribution in [-0.4, -0.2) is 47.1 Å². The quantitative estimate of drug-likeness (QED) is 0.703. The van der Waals surface area contributed by atoms with Gasteiger partial charge in [-0.2, -0.15) is 9.97 Å². The molecule has 1 aliphatic heterocycles. The zero-order valence-electron chi connectivity index (χ0n) is 13.5. The van der Waals surface area contributed by atoms with Gasteiger partial charge in [0.05, 0.1) is 13.2 Å². The molecule has 2 heterocycles. The lowest BCUT2D eigenvalue weighted by molar-refractivity contribution is 0.0303. The molecule has 5 N–H and O–H groups in total. The van der Waals surface area contributed by atoms with Gasteiger partial charge >= 0.3 is 0 Å². The fourth-order valence-corrected chi connectivity index (χ4v) is 2.67. The third-order valence-corrected chi connectivity index (χ3v) is 4.16. The Labute approximate surface area is 150 Å². The van der Waals surface area contributed by atoms with E-state index >= 15 is 0 Å². The molecule has 8 nitrogen and oxygen atoms in total. The fraction of sp³-hybridized carbons (Fsp3) is 0.312. The van der Waals surface area contributed by atoms with Crippen LogP contribution in [0, 0.1) is 0 Å². The van der Waals surface area contributed by atoms with E-state index in [0.717, 1.165) is 5.56 Å². The summed E-state index contributed by atoms with van der Waals surface area (Å²) in [5.41, 5.74) is 13.3. The number of amides is 1. The zero-order valence-corrected chi connectivity index (χ0v) is 14.3. The first kappa shape index (κ1) is 17.2. The summed E-state index contributed by atoms with van der Waals surface area (Å²) in [5.74, 6) is 0.446. The Morgan fingerprint density at radius 3 is 2.56 bits per heavy atom. The number of nitrogens with two attached hydrogens (primary N) is 2. The second-order valence-electron chi connectivity index (χ2n) is 5.59. The molecular formula is C16H19ClN6O2. The molecule has 1 aliphatic rings. The molecule has 25 heavy (non-hydrogen) atoms. The Bertz CT molecular complexity index is 762. The first-order valence-corrected chi connectivity index (χ1v) is 8.20. The largest absolute Gasteiger partial charge is 0.393 e. The minimum absolute atomic E-state index is 0.0161. The smallest absolute Gasteiger partial charge is 0.254 e. The number of nitrogens with one attached hydrogen (secondary N) is 1. The molecule has 0 saturated carbocycles. The Hall–Kier alpha value is -2.58. The molecule has 0 unspecified atom stereocenters. The summed E-state index contributed by atoms with van der Waals surface area (Å²) in [5, 5.41) is 3.18. The third-order valence-electron chi connectivity index (χ3n) is 3.88. The highest BCUT2D eigenvalue weighted by molar-refractivity contribution is 6.32. The van der Waals surface area contributed by atoms with E-state index in [9.17, 15) is 4.79 Å². The molecule has 0 bridgehead atoms. The van der Waals surface area contributed by atoms with Gasteiger partial charge in [-0.25, -0.2) is 0 Å². The number of rotatable bonds is 4. The van der Waals surface area contributed by atoms with Crippen molar-refractivity contribution in [3.05, 3.63) is 40.5 Å². The highest BCUT2D eigenvalue weighted by atomic mass is 35.5. The van der Waals surface area contributed by atoms with Gasteiger partial charge in [0.2, 0.25) is 5.95 Å². The highest BCUT2D eigenvalue weighted by Crippen LogP contribution is 2.24. The van der Waals surface area contributed by atoms with Crippen LogP contribution in [0.5, 0.6) is 0 Å². The molecule has 0 aliphatic carbocycles. The van der Waals surface area contributed by atoms with Crippen LogP contribution in [0.1, 0.15) is 15.9 Å². The lowest BCUT2D eigenvalue weighted by Crippen LogP contribution is -2.40. The Morgan fingerprint density at radius 2 is 1.88 bits per heavy atom. The van der Waals surface area contributed by atoms with Crippen LogP contribution < -0.4 is 16.8 Å². The number of hydrogen-bond acceptors (Lipinski definition) is 7. The molecule has 1 fully saturated rings. The van der Waals surface area contributed by atoms with Crippen molar-refractivity contribution in [1.82, 2.24) is 14.9 Å². The maximum Gasteiger partial charge on any atom is 0.254 e. The monoisotopic (exact) mass is 362 g/mol. The van der Waals surface area contributed by atoms with Crippen molar-refractivity contribution in [2.45, 2.75) is 6.54 Å². The van der Waals surface area contributed by atoms with E-state index in [0.29, 0.717) is 44.2 Å². The van der Waals surface area contributed by atoms with Gasteiger partial charge in [-0.1, -0.05) is 23.7 Å². The molecule has 0 radical (unpaired) electrons. The second-order valence-corrected chi connectivity index (χ2v) is 5.95. The van der Waals surface area contributed by atoms with Crippen LogP contribution in [0.25, 0.3) is 0 Å². The molecular weight excluding hydrogens is 344 g/mol. The highest BCUT2D eigenvalue weighted by Gasteiger charge is 2.18. The summed E-state index contributed by atoms with van der Waals surface area (Å²) in [4.78, 5) is 22.0. The summed E-state index contributed by atoms with van der Waals surface area (Å²) in [6.07, 6.45) is 0. The first-order chi connectivity index (χ1) is 12.0. The Morgan fingerprint density at radius 1 is 1.20 bits per heavy atom. The zero-order chi connectivity index (χ0) is 17.8. The standard InChI is InChI=1S/C16H19ClN6O2/c17-13-12(18)14(22-16(19)21-13)20-9-10-1-3-11(4-2-10)15(24)23-5-7-25-8-6-23/h1-4H,5-9,18H2,(H3,19,20,21,22). The molecule has 0 atom stereocenters. The Kier molecular flexibility index (Phi) is 5.20. The van der Waals surface area contributed by atoms with E-state index in [4.69, 9.17) is 27.8 Å². The predicted octanol–water partition coefficient (Wildman–Crippen LogP) is 1.38. The summed E-state index contributed by atoms with van der Waals surface area (Å²) in [6.45, 7) is 2.87. The number of hydrogen-bond donors (Lipinski definition) is 3. The van der Waals surface area contributed by atoms with Crippen molar-refractivity contribution in [3.63, 3.8) is 0 Å². The maximum absolute atomic E-state index is 12.4. The molecule has 1 saturated heterocycles. The number of morpholine rings is 1. The minimum Gasteiger partial charge on any atom is -0.393 e. The number of aromatic nitrogens is 2. The molecule has 132 valence electrons. The van der Waals surface area contributed by atoms with E-state index in [1.807, 2.05) is 12.1 Å². The van der Waals surface area contributed by atoms with Gasteiger partial charge in [0.1, 0.15) is 5.69 Å². The summed E-state index contributed by atoms with van der Waals surface area (Å²) >= 11 is 5.88. The fourth-order valence-electron chi connectivity index (χ4n) is 2.49. The van der Waals surface area contributed by atoms with Gasteiger partial charge in [-0.3, -0.25) is 4.79 Å². The number of nitrogens with zero attached hydrogens (tertiary/aromatic N) is 3. The van der Waals surface area contributed by atoms with E-state index < -0.39 is 0 Å². The maximum atomic E-state index is 12.4. The Balaban J connectivity index is 1.64. The number of carbonyl (C=O) groups is 1. The van der Waals surface area contributed by atoms with Gasteiger partial charge in [0, 0.05) is 25.2 Å². The lowest BCUT2D eigenvalue weighted by atomic mass is 10.1. The predicted molar refractivity (Wildman–Crippen MR) is 96.4 cm³/mol. The average Bonchev–Trinajstić information content (AvgIpc) is 2.64. The number of benzene rings is 1. The molecule has 1 aromatic heterocycles. The summed E-state index contributed by atoms with van der Waals surface area (Å²) in [7, 11) is 0. The van der Waals surface area contributed by atoms with Crippen LogP contribution in [0.4, 0.5) is 17.5 Å². The van der Waals surface area contributed by atoms with Crippen LogP contribution in [0.3, 0.4) is 0 Å². The van der Waals surface area contributed by atoms with Crippen molar-refractivity contribution < 1.29 is 9.53 Å². The van der Waals surface area contributed by atoms with Crippen molar-refractivity contribution in [1.29, 1.82) is 0 Å². The van der Waals surface area contributed by atoms with Crippen molar-refractivity contribution in [3.8, 4) is 0 Å². The number of ether oxygens (including phenoxy) is 1. The van der Waals surface area contributed by atoms with E-state index in [-0.39, 0.29) is 22.7 Å². The van der Waals surface area contributed by atoms with Crippen molar-refractivity contribution >= 4 is 35.0 Å². The van der Waals surface area contributed by atoms with Crippen LogP contribution >= 0.6 is 11.6 Å². The van der Waals surface area contributed by atoms with E-state index in [1.54, 1.807) is 17.0 Å². The van der Waals surface area contributed by atoms with Gasteiger partial charge in [-0.15, -0.1) is 0 Å². The van der Waals surface area contributed by atoms with Crippen LogP contribution in [-0.2, 0) is 11.3 Å². The van der Waals surface area contributed by atoms with Gasteiger partial charge in [-0.05, 0) is 17.7 Å². The van der Waals surface area contributed by atoms with Crippen LogP contribution in [0.2, 0.25) is 5.15 Å². The average molecular weight is 363 g/mol. The number of carbonyl (C=O) groups excluding carboxylic acids is 1. The third kappa shape index (κ3) is 4.09. The number of anilines is 3. The molecule has 0 spiro atoms. The van der Waals surface area contributed by atoms with E-state index in [1.165, 1.54) is 0 Å². The van der Waals surface area contributed by atoms with Crippen LogP contribution in [0.15, 0.2) is 24.3 Å². The lowest BCUT2D eigenvalue weighted by Gasteiger charge is -2.26. The second kappa shape index (κ2) is 7.54. The number of halogens is 1. The SMILES string of the molecule is Nc1nc(Cl)c(N)c(NCc2ccc(C(=O)N3CCOCC3)cc2)n1. The van der Waals surface area contributed by atoms with E-state index in [2.05, 4.69) is 15.3 Å². The molecule has 9 heteroatoms. The topological polar surface area (TPSA) is 119 Å². The van der Waals surface area contributed by atoms with Crippen molar-refractivity contribution in [2.24, 2.45) is 0 Å². The molecule has 3 rings (SSSR count). The molecule has 1 amide bonds. The van der Waals surface area contributed by atoms with Gasteiger partial charge in [0.15, 0.2) is 11.0 Å². The van der Waals surface area contributed by atoms with Gasteiger partial charge < -0.3 is 26.4 Å². The molecule has 1 aromatic carbocycles. The molecule has 2 aromatic rings. The normalized spacial score (nSPS) is 14.4. The summed E-state index contributed by atoms with van der Waals surface area (Å²) in [6, 6.07) is 7.37. The minimum atomic E-state index is 0.0161. The van der Waals surface area contributed by atoms with Crippen molar-refractivity contribution in [2.75, 3.05) is 43.1 Å².